The minimum Gasteiger partial charge on any atom is -0.507 e. The van der Waals surface area contributed by atoms with Gasteiger partial charge >= 0.3 is 0 Å². The number of aromatic nitrogens is 1. The van der Waals surface area contributed by atoms with Crippen molar-refractivity contribution < 1.29 is 14.3 Å². The fraction of sp³-hybridized carbons (Fsp3) is 0. The lowest BCUT2D eigenvalue weighted by Crippen LogP contribution is -2.12. The van der Waals surface area contributed by atoms with Crippen LogP contribution in [0.15, 0.2) is 87.8 Å². The summed E-state index contributed by atoms with van der Waals surface area (Å²) in [6.07, 6.45) is 0. The molecule has 4 aromatic carbocycles. The van der Waals surface area contributed by atoms with E-state index in [0.717, 1.165) is 15.2 Å². The van der Waals surface area contributed by atoms with Gasteiger partial charge in [-0.2, -0.15) is 0 Å². The van der Waals surface area contributed by atoms with Crippen LogP contribution in [0.5, 0.6) is 5.75 Å². The molecule has 0 radical (unpaired) electrons. The lowest BCUT2D eigenvalue weighted by Gasteiger charge is -2.10. The molecule has 0 fully saturated rings. The third-order valence-electron chi connectivity index (χ3n) is 4.89. The summed E-state index contributed by atoms with van der Waals surface area (Å²) in [5.74, 6) is 0.0699. The number of fused-ring (bicyclic) bond motifs is 2. The summed E-state index contributed by atoms with van der Waals surface area (Å²) in [5, 5.41) is 15.0. The molecule has 1 heterocycles. The summed E-state index contributed by atoms with van der Waals surface area (Å²) >= 11 is 3.53. The smallest absolute Gasteiger partial charge is 0.256 e. The number of carbonyl (C=O) groups is 1. The molecular formula is C24H15BrN2O3. The number of halogens is 1. The van der Waals surface area contributed by atoms with E-state index in [4.69, 9.17) is 4.42 Å². The molecule has 5 nitrogen and oxygen atoms in total. The monoisotopic (exact) mass is 458 g/mol. The van der Waals surface area contributed by atoms with Crippen LogP contribution in [0.25, 0.3) is 33.3 Å². The first-order chi connectivity index (χ1) is 14.6. The van der Waals surface area contributed by atoms with Crippen LogP contribution < -0.4 is 5.32 Å². The highest BCUT2D eigenvalue weighted by molar-refractivity contribution is 9.10. The Labute approximate surface area is 180 Å². The highest BCUT2D eigenvalue weighted by atomic mass is 79.9. The topological polar surface area (TPSA) is 75.4 Å². The number of carbonyl (C=O) groups excluding carboxylic acids is 1. The second-order valence-electron chi connectivity index (χ2n) is 6.81. The number of para-hydroxylation sites is 2. The van der Waals surface area contributed by atoms with Crippen molar-refractivity contribution in [3.8, 4) is 17.2 Å². The Bertz CT molecular complexity index is 1390. The molecule has 0 atom stereocenters. The molecule has 146 valence electrons. The maximum Gasteiger partial charge on any atom is 0.256 e. The number of anilines is 1. The van der Waals surface area contributed by atoms with E-state index in [0.29, 0.717) is 33.8 Å². The van der Waals surface area contributed by atoms with E-state index in [1.807, 2.05) is 54.6 Å². The van der Waals surface area contributed by atoms with Crippen LogP contribution in [0.2, 0.25) is 0 Å². The van der Waals surface area contributed by atoms with Crippen LogP contribution >= 0.6 is 15.9 Å². The SMILES string of the molecule is O=C(Nc1ccc(O)c(-c2nc3ccccc3o2)c1)c1cccc2c(Br)cccc12. The first kappa shape index (κ1) is 18.4. The number of hydrogen-bond acceptors (Lipinski definition) is 4. The van der Waals surface area contributed by atoms with E-state index in [-0.39, 0.29) is 11.7 Å². The quantitative estimate of drug-likeness (QED) is 0.308. The maximum atomic E-state index is 13.0. The van der Waals surface area contributed by atoms with Gasteiger partial charge in [-0.05, 0) is 53.2 Å². The molecule has 0 bridgehead atoms. The van der Waals surface area contributed by atoms with Gasteiger partial charge in [-0.3, -0.25) is 4.79 Å². The number of oxazole rings is 1. The number of nitrogens with one attached hydrogen (secondary N) is 1. The average molecular weight is 459 g/mol. The van der Waals surface area contributed by atoms with Crippen molar-refractivity contribution in [2.75, 3.05) is 5.32 Å². The Morgan fingerprint density at radius 2 is 1.73 bits per heavy atom. The summed E-state index contributed by atoms with van der Waals surface area (Å²) in [5.41, 5.74) is 2.82. The summed E-state index contributed by atoms with van der Waals surface area (Å²) in [6.45, 7) is 0. The molecule has 0 saturated heterocycles. The Hall–Kier alpha value is -3.64. The van der Waals surface area contributed by atoms with Crippen molar-refractivity contribution in [2.24, 2.45) is 0 Å². The van der Waals surface area contributed by atoms with Crippen LogP contribution in [0.1, 0.15) is 10.4 Å². The normalized spacial score (nSPS) is 11.1. The predicted octanol–water partition coefficient (Wildman–Crippen LogP) is 6.37. The molecule has 0 aliphatic rings. The van der Waals surface area contributed by atoms with Crippen molar-refractivity contribution >= 4 is 49.4 Å². The summed E-state index contributed by atoms with van der Waals surface area (Å²) in [4.78, 5) is 17.4. The summed E-state index contributed by atoms with van der Waals surface area (Å²) in [7, 11) is 0. The van der Waals surface area contributed by atoms with Crippen molar-refractivity contribution in [2.45, 2.75) is 0 Å². The molecule has 0 saturated carbocycles. The van der Waals surface area contributed by atoms with Gasteiger partial charge in [0, 0.05) is 15.7 Å². The van der Waals surface area contributed by atoms with Gasteiger partial charge in [0.25, 0.3) is 5.91 Å². The second-order valence-corrected chi connectivity index (χ2v) is 7.67. The second kappa shape index (κ2) is 7.31. The highest BCUT2D eigenvalue weighted by Gasteiger charge is 2.15. The van der Waals surface area contributed by atoms with E-state index in [1.54, 1.807) is 18.2 Å². The summed E-state index contributed by atoms with van der Waals surface area (Å²) in [6, 6.07) is 23.5. The number of phenols is 1. The lowest BCUT2D eigenvalue weighted by molar-refractivity contribution is 0.102. The Morgan fingerprint density at radius 1 is 0.933 bits per heavy atom. The Kier molecular flexibility index (Phi) is 4.48. The molecule has 30 heavy (non-hydrogen) atoms. The zero-order chi connectivity index (χ0) is 20.7. The highest BCUT2D eigenvalue weighted by Crippen LogP contribution is 2.34. The van der Waals surface area contributed by atoms with Crippen molar-refractivity contribution in [1.29, 1.82) is 0 Å². The first-order valence-corrected chi connectivity index (χ1v) is 10.1. The van der Waals surface area contributed by atoms with E-state index < -0.39 is 0 Å². The third-order valence-corrected chi connectivity index (χ3v) is 5.58. The molecule has 0 unspecified atom stereocenters. The number of rotatable bonds is 3. The number of phenolic OH excluding ortho intramolecular Hbond substituents is 1. The van der Waals surface area contributed by atoms with Crippen LogP contribution in [-0.2, 0) is 0 Å². The molecule has 0 spiro atoms. The molecule has 5 aromatic rings. The minimum atomic E-state index is -0.243. The number of aromatic hydroxyl groups is 1. The zero-order valence-electron chi connectivity index (χ0n) is 15.6. The van der Waals surface area contributed by atoms with Gasteiger partial charge in [0.15, 0.2) is 5.58 Å². The largest absolute Gasteiger partial charge is 0.507 e. The molecule has 6 heteroatoms. The molecular weight excluding hydrogens is 444 g/mol. The van der Waals surface area contributed by atoms with E-state index in [1.165, 1.54) is 6.07 Å². The molecule has 5 rings (SSSR count). The fourth-order valence-electron chi connectivity index (χ4n) is 3.44. The molecule has 1 aromatic heterocycles. The van der Waals surface area contributed by atoms with Gasteiger partial charge in [-0.1, -0.05) is 52.3 Å². The Morgan fingerprint density at radius 3 is 2.60 bits per heavy atom. The van der Waals surface area contributed by atoms with Gasteiger partial charge in [0.1, 0.15) is 11.3 Å². The summed E-state index contributed by atoms with van der Waals surface area (Å²) < 4.78 is 6.69. The number of benzene rings is 4. The van der Waals surface area contributed by atoms with Crippen LogP contribution in [0.4, 0.5) is 5.69 Å². The predicted molar refractivity (Wildman–Crippen MR) is 121 cm³/mol. The number of nitrogens with zero attached hydrogens (tertiary/aromatic N) is 1. The van der Waals surface area contributed by atoms with Gasteiger partial charge < -0.3 is 14.8 Å². The minimum absolute atomic E-state index is 0.0219. The lowest BCUT2D eigenvalue weighted by atomic mass is 10.0. The first-order valence-electron chi connectivity index (χ1n) is 9.28. The molecule has 1 amide bonds. The van der Waals surface area contributed by atoms with E-state index in [9.17, 15) is 9.90 Å². The fourth-order valence-corrected chi connectivity index (χ4v) is 3.94. The average Bonchev–Trinajstić information content (AvgIpc) is 3.19. The molecule has 0 aliphatic heterocycles. The standard InChI is InChI=1S/C24H15BrN2O3/c25-19-8-4-5-15-16(19)6-3-7-17(15)23(29)26-14-11-12-21(28)18(13-14)24-27-20-9-1-2-10-22(20)30-24/h1-13,28H,(H,26,29). The van der Waals surface area contributed by atoms with Gasteiger partial charge in [0.2, 0.25) is 5.89 Å². The van der Waals surface area contributed by atoms with E-state index in [2.05, 4.69) is 26.2 Å². The van der Waals surface area contributed by atoms with Crippen LogP contribution in [0.3, 0.4) is 0 Å². The van der Waals surface area contributed by atoms with Crippen molar-refractivity contribution in [1.82, 2.24) is 4.98 Å². The number of amides is 1. The van der Waals surface area contributed by atoms with Gasteiger partial charge in [0.05, 0.1) is 5.56 Å². The maximum absolute atomic E-state index is 13.0. The van der Waals surface area contributed by atoms with Crippen LogP contribution in [0, 0.1) is 0 Å². The third kappa shape index (κ3) is 3.21. The van der Waals surface area contributed by atoms with Crippen LogP contribution in [-0.4, -0.2) is 16.0 Å². The van der Waals surface area contributed by atoms with Crippen molar-refractivity contribution in [3.63, 3.8) is 0 Å². The Balaban J connectivity index is 1.51. The molecule has 2 N–H and O–H groups in total. The zero-order valence-corrected chi connectivity index (χ0v) is 17.2. The molecule has 0 aliphatic carbocycles. The van der Waals surface area contributed by atoms with Crippen molar-refractivity contribution in [3.05, 3.63) is 88.9 Å². The van der Waals surface area contributed by atoms with Gasteiger partial charge in [-0.25, -0.2) is 4.98 Å². The van der Waals surface area contributed by atoms with E-state index >= 15 is 0 Å². The van der Waals surface area contributed by atoms with Gasteiger partial charge in [-0.15, -0.1) is 0 Å². The number of hydrogen-bond donors (Lipinski definition) is 2.